The molecule has 1 aromatic heterocycles. The summed E-state index contributed by atoms with van der Waals surface area (Å²) < 4.78 is 0. The number of anilines is 1. The Labute approximate surface area is 129 Å². The molecule has 1 atom stereocenters. The number of carbonyl (C=O) groups is 2. The van der Waals surface area contributed by atoms with Gasteiger partial charge in [-0.25, -0.2) is 9.97 Å². The topological polar surface area (TPSA) is 92.4 Å². The van der Waals surface area contributed by atoms with Crippen molar-refractivity contribution >= 4 is 17.8 Å². The molecule has 0 unspecified atom stereocenters. The van der Waals surface area contributed by atoms with Crippen molar-refractivity contribution in [1.29, 1.82) is 0 Å². The van der Waals surface area contributed by atoms with Crippen LogP contribution in [0.5, 0.6) is 0 Å². The van der Waals surface area contributed by atoms with E-state index in [2.05, 4.69) is 14.9 Å². The molecule has 0 bridgehead atoms. The molecule has 3 heterocycles. The highest BCUT2D eigenvalue weighted by atomic mass is 16.2. The number of nitrogens with zero attached hydrogens (tertiary/aromatic N) is 4. The maximum Gasteiger partial charge on any atom is 0.225 e. The van der Waals surface area contributed by atoms with Crippen molar-refractivity contribution in [3.8, 4) is 0 Å². The fourth-order valence-electron chi connectivity index (χ4n) is 3.23. The van der Waals surface area contributed by atoms with Crippen molar-refractivity contribution in [2.24, 2.45) is 17.6 Å². The Morgan fingerprint density at radius 2 is 1.68 bits per heavy atom. The van der Waals surface area contributed by atoms with Crippen LogP contribution in [0.4, 0.5) is 5.95 Å². The minimum absolute atomic E-state index is 0.0339. The van der Waals surface area contributed by atoms with E-state index in [4.69, 9.17) is 5.73 Å². The van der Waals surface area contributed by atoms with Crippen LogP contribution in [0.2, 0.25) is 0 Å². The first-order chi connectivity index (χ1) is 10.6. The van der Waals surface area contributed by atoms with Crippen molar-refractivity contribution < 1.29 is 9.59 Å². The third-order valence-corrected chi connectivity index (χ3v) is 4.58. The van der Waals surface area contributed by atoms with Gasteiger partial charge in [-0.05, 0) is 25.3 Å². The van der Waals surface area contributed by atoms with Gasteiger partial charge in [-0.2, -0.15) is 0 Å². The van der Waals surface area contributed by atoms with Crippen molar-refractivity contribution in [3.05, 3.63) is 18.5 Å². The van der Waals surface area contributed by atoms with Crippen LogP contribution in [0, 0.1) is 11.8 Å². The highest BCUT2D eigenvalue weighted by molar-refractivity contribution is 5.82. The van der Waals surface area contributed by atoms with Gasteiger partial charge in [0.05, 0.1) is 5.92 Å². The highest BCUT2D eigenvalue weighted by Crippen LogP contribution is 2.25. The Balaban J connectivity index is 1.53. The maximum absolute atomic E-state index is 12.5. The fraction of sp³-hybridized carbons (Fsp3) is 0.600. The molecule has 2 saturated heterocycles. The maximum atomic E-state index is 12.5. The van der Waals surface area contributed by atoms with E-state index in [0.29, 0.717) is 19.5 Å². The number of carbonyl (C=O) groups excluding carboxylic acids is 2. The molecule has 0 aliphatic carbocycles. The quantitative estimate of drug-likeness (QED) is 0.850. The number of hydrogen-bond donors (Lipinski definition) is 1. The third kappa shape index (κ3) is 3.03. The average molecular weight is 303 g/mol. The Kier molecular flexibility index (Phi) is 4.22. The predicted octanol–water partition coefficient (Wildman–Crippen LogP) is 0.0268. The van der Waals surface area contributed by atoms with Gasteiger partial charge >= 0.3 is 0 Å². The molecule has 2 fully saturated rings. The second-order valence-corrected chi connectivity index (χ2v) is 5.98. The molecule has 2 aliphatic heterocycles. The van der Waals surface area contributed by atoms with Gasteiger partial charge in [-0.1, -0.05) is 0 Å². The molecule has 2 aliphatic rings. The number of piperidine rings is 1. The van der Waals surface area contributed by atoms with E-state index >= 15 is 0 Å². The van der Waals surface area contributed by atoms with Crippen LogP contribution in [0.3, 0.4) is 0 Å². The van der Waals surface area contributed by atoms with E-state index in [1.165, 1.54) is 0 Å². The number of likely N-dealkylation sites (tertiary alicyclic amines) is 1. The molecule has 1 aromatic rings. The largest absolute Gasteiger partial charge is 0.369 e. The summed E-state index contributed by atoms with van der Waals surface area (Å²) in [5, 5.41) is 0. The van der Waals surface area contributed by atoms with E-state index in [-0.39, 0.29) is 23.7 Å². The van der Waals surface area contributed by atoms with Crippen LogP contribution in [0.1, 0.15) is 19.3 Å². The van der Waals surface area contributed by atoms with Crippen LogP contribution in [-0.2, 0) is 9.59 Å². The van der Waals surface area contributed by atoms with E-state index in [1.54, 1.807) is 23.4 Å². The number of rotatable bonds is 3. The molecule has 7 nitrogen and oxygen atoms in total. The van der Waals surface area contributed by atoms with Gasteiger partial charge in [0.2, 0.25) is 17.8 Å². The summed E-state index contributed by atoms with van der Waals surface area (Å²) >= 11 is 0. The molecule has 0 spiro atoms. The van der Waals surface area contributed by atoms with Crippen LogP contribution in [0.25, 0.3) is 0 Å². The molecule has 118 valence electrons. The Morgan fingerprint density at radius 1 is 1.05 bits per heavy atom. The molecule has 0 saturated carbocycles. The van der Waals surface area contributed by atoms with Crippen molar-refractivity contribution in [2.75, 3.05) is 31.1 Å². The molecule has 2 N–H and O–H groups in total. The van der Waals surface area contributed by atoms with E-state index in [9.17, 15) is 9.59 Å². The van der Waals surface area contributed by atoms with E-state index < -0.39 is 0 Å². The predicted molar refractivity (Wildman–Crippen MR) is 80.9 cm³/mol. The molecule has 2 amide bonds. The average Bonchev–Trinajstić information content (AvgIpc) is 3.05. The Morgan fingerprint density at radius 3 is 2.27 bits per heavy atom. The molecule has 22 heavy (non-hydrogen) atoms. The van der Waals surface area contributed by atoms with Gasteiger partial charge in [-0.15, -0.1) is 0 Å². The first kappa shape index (κ1) is 14.7. The van der Waals surface area contributed by atoms with Crippen LogP contribution >= 0.6 is 0 Å². The van der Waals surface area contributed by atoms with Gasteiger partial charge in [-0.3, -0.25) is 9.59 Å². The molecular weight excluding hydrogens is 282 g/mol. The first-order valence-electron chi connectivity index (χ1n) is 7.75. The second kappa shape index (κ2) is 6.29. The molecule has 0 aromatic carbocycles. The summed E-state index contributed by atoms with van der Waals surface area (Å²) in [5.74, 6) is 0.445. The number of amides is 2. The van der Waals surface area contributed by atoms with Crippen LogP contribution < -0.4 is 10.6 Å². The summed E-state index contributed by atoms with van der Waals surface area (Å²) in [7, 11) is 0. The van der Waals surface area contributed by atoms with Crippen LogP contribution in [0.15, 0.2) is 18.5 Å². The lowest BCUT2D eigenvalue weighted by atomic mass is 9.95. The molecular formula is C15H21N5O2. The Bertz CT molecular complexity index is 542. The monoisotopic (exact) mass is 303 g/mol. The Hall–Kier alpha value is -2.18. The summed E-state index contributed by atoms with van der Waals surface area (Å²) in [6.45, 7) is 2.70. The number of hydrogen-bond acceptors (Lipinski definition) is 5. The lowest BCUT2D eigenvalue weighted by Gasteiger charge is -2.33. The number of primary amides is 1. The normalized spacial score (nSPS) is 22.8. The summed E-state index contributed by atoms with van der Waals surface area (Å²) in [4.78, 5) is 36.2. The smallest absolute Gasteiger partial charge is 0.225 e. The van der Waals surface area contributed by atoms with Gasteiger partial charge in [0.1, 0.15) is 0 Å². The highest BCUT2D eigenvalue weighted by Gasteiger charge is 2.34. The van der Waals surface area contributed by atoms with Crippen LogP contribution in [-0.4, -0.2) is 52.9 Å². The lowest BCUT2D eigenvalue weighted by molar-refractivity contribution is -0.135. The molecule has 0 radical (unpaired) electrons. The molecule has 7 heteroatoms. The van der Waals surface area contributed by atoms with E-state index in [0.717, 1.165) is 31.9 Å². The standard InChI is InChI=1S/C15H21N5O2/c16-13(21)12-4-9-20(10-12)14(22)11-2-7-19(8-3-11)15-17-5-1-6-18-15/h1,5-6,11-12H,2-4,7-10H2,(H2,16,21)/t12-/m0/s1. The molecule has 3 rings (SSSR count). The van der Waals surface area contributed by atoms with Gasteiger partial charge < -0.3 is 15.5 Å². The zero-order chi connectivity index (χ0) is 15.5. The first-order valence-corrected chi connectivity index (χ1v) is 7.75. The minimum Gasteiger partial charge on any atom is -0.369 e. The zero-order valence-corrected chi connectivity index (χ0v) is 12.5. The summed E-state index contributed by atoms with van der Waals surface area (Å²) in [6, 6.07) is 1.79. The van der Waals surface area contributed by atoms with Gasteiger partial charge in [0, 0.05) is 44.5 Å². The second-order valence-electron chi connectivity index (χ2n) is 5.98. The fourth-order valence-corrected chi connectivity index (χ4v) is 3.23. The van der Waals surface area contributed by atoms with Gasteiger partial charge in [0.15, 0.2) is 0 Å². The number of nitrogens with two attached hydrogens (primary N) is 1. The van der Waals surface area contributed by atoms with Crippen molar-refractivity contribution in [1.82, 2.24) is 14.9 Å². The van der Waals surface area contributed by atoms with Gasteiger partial charge in [0.25, 0.3) is 0 Å². The summed E-state index contributed by atoms with van der Waals surface area (Å²) in [5.41, 5.74) is 5.32. The lowest BCUT2D eigenvalue weighted by Crippen LogP contribution is -2.42. The zero-order valence-electron chi connectivity index (χ0n) is 12.5. The van der Waals surface area contributed by atoms with Crippen molar-refractivity contribution in [2.45, 2.75) is 19.3 Å². The summed E-state index contributed by atoms with van der Waals surface area (Å²) in [6.07, 6.45) is 5.75. The third-order valence-electron chi connectivity index (χ3n) is 4.58. The van der Waals surface area contributed by atoms with Crippen molar-refractivity contribution in [3.63, 3.8) is 0 Å². The van der Waals surface area contributed by atoms with E-state index in [1.807, 2.05) is 0 Å². The number of aromatic nitrogens is 2. The minimum atomic E-state index is -0.300. The SMILES string of the molecule is NC(=O)[C@H]1CCN(C(=O)C2CCN(c3ncccn3)CC2)C1.